The highest BCUT2D eigenvalue weighted by molar-refractivity contribution is 5.25. The predicted octanol–water partition coefficient (Wildman–Crippen LogP) is 2.09. The molecule has 0 aliphatic carbocycles. The zero-order valence-corrected chi connectivity index (χ0v) is 11.2. The third-order valence-electron chi connectivity index (χ3n) is 2.76. The first-order valence-corrected chi connectivity index (χ1v) is 6.14. The van der Waals surface area contributed by atoms with Gasteiger partial charge >= 0.3 is 0 Å². The van der Waals surface area contributed by atoms with Gasteiger partial charge in [-0.1, -0.05) is 30.3 Å². The second-order valence-electron chi connectivity index (χ2n) is 4.31. The standard InChI is InChI=1S/C15H21N3O/c1-17(2)11-12-19-15(13-7-5-4-6-8-13)14-9-10-16-18(14)3/h4-10,15H,11-12H2,1-3H3/i1D3,15D. The average Bonchev–Trinajstić information content (AvgIpc) is 2.93. The molecule has 1 atom stereocenters. The molecule has 0 N–H and O–H groups in total. The minimum absolute atomic E-state index is 0.110. The minimum atomic E-state index is -2.17. The molecule has 1 heterocycles. The number of ether oxygens (including phenoxy) is 1. The summed E-state index contributed by atoms with van der Waals surface area (Å²) in [6.45, 7) is -1.87. The molecule has 0 saturated heterocycles. The van der Waals surface area contributed by atoms with Crippen LogP contribution in [0.3, 0.4) is 0 Å². The number of nitrogens with zero attached hydrogens (tertiary/aromatic N) is 3. The maximum atomic E-state index is 8.82. The van der Waals surface area contributed by atoms with Crippen molar-refractivity contribution in [2.24, 2.45) is 7.05 Å². The normalized spacial score (nSPS) is 18.3. The van der Waals surface area contributed by atoms with Crippen molar-refractivity contribution in [1.82, 2.24) is 14.7 Å². The van der Waals surface area contributed by atoms with E-state index in [4.69, 9.17) is 10.2 Å². The topological polar surface area (TPSA) is 30.3 Å². The predicted molar refractivity (Wildman–Crippen MR) is 76.0 cm³/mol. The monoisotopic (exact) mass is 263 g/mol. The Balaban J connectivity index is 2.21. The number of aromatic nitrogens is 2. The number of hydrogen-bond acceptors (Lipinski definition) is 3. The Morgan fingerprint density at radius 3 is 2.84 bits per heavy atom. The molecule has 0 fully saturated rings. The number of hydrogen-bond donors (Lipinski definition) is 0. The summed E-state index contributed by atoms with van der Waals surface area (Å²) in [5.74, 6) is 0. The molecular formula is C15H21N3O. The van der Waals surface area contributed by atoms with E-state index in [0.717, 1.165) is 0 Å². The van der Waals surface area contributed by atoms with Gasteiger partial charge in [0.2, 0.25) is 0 Å². The van der Waals surface area contributed by atoms with Crippen molar-refractivity contribution < 1.29 is 10.2 Å². The summed E-state index contributed by atoms with van der Waals surface area (Å²) in [5.41, 5.74) is 1.25. The SMILES string of the molecule is [2H]C(OCCN(C)C([2H])([2H])[2H])(c1ccccc1)c1ccnn1C. The summed E-state index contributed by atoms with van der Waals surface area (Å²) in [7, 11) is 3.26. The molecule has 1 aromatic heterocycles. The summed E-state index contributed by atoms with van der Waals surface area (Å²) >= 11 is 0. The summed E-state index contributed by atoms with van der Waals surface area (Å²) in [6, 6.07) is 10.9. The Kier molecular flexibility index (Phi) is 3.18. The van der Waals surface area contributed by atoms with Crippen LogP contribution in [0, 0.1) is 0 Å². The van der Waals surface area contributed by atoms with Gasteiger partial charge in [-0.05, 0) is 25.7 Å². The highest BCUT2D eigenvalue weighted by atomic mass is 16.5. The van der Waals surface area contributed by atoms with Crippen LogP contribution in [-0.4, -0.2) is 41.9 Å². The van der Waals surface area contributed by atoms with E-state index >= 15 is 0 Å². The van der Waals surface area contributed by atoms with Crippen LogP contribution in [0.2, 0.25) is 0 Å². The molecule has 0 aliphatic rings. The largest absolute Gasteiger partial charge is 0.366 e. The Bertz CT molecular complexity index is 629. The molecule has 102 valence electrons. The van der Waals surface area contributed by atoms with Gasteiger partial charge in [0, 0.05) is 23.9 Å². The maximum Gasteiger partial charge on any atom is 0.124 e. The minimum Gasteiger partial charge on any atom is -0.366 e. The average molecular weight is 263 g/mol. The molecule has 0 spiro atoms. The zero-order chi connectivity index (χ0) is 17.1. The lowest BCUT2D eigenvalue weighted by Crippen LogP contribution is -2.20. The molecule has 0 aliphatic heterocycles. The van der Waals surface area contributed by atoms with E-state index in [-0.39, 0.29) is 13.2 Å². The summed E-state index contributed by atoms with van der Waals surface area (Å²) < 4.78 is 38.3. The van der Waals surface area contributed by atoms with Gasteiger partial charge in [0.05, 0.1) is 13.7 Å². The number of rotatable bonds is 6. The van der Waals surface area contributed by atoms with Gasteiger partial charge < -0.3 is 9.64 Å². The van der Waals surface area contributed by atoms with Crippen molar-refractivity contribution in [1.29, 1.82) is 0 Å². The highest BCUT2D eigenvalue weighted by Crippen LogP contribution is 2.25. The molecule has 2 aromatic rings. The fraction of sp³-hybridized carbons (Fsp3) is 0.400. The Hall–Kier alpha value is -1.65. The van der Waals surface area contributed by atoms with Gasteiger partial charge in [0.1, 0.15) is 6.08 Å². The first-order chi connectivity index (χ1) is 10.7. The Morgan fingerprint density at radius 2 is 2.21 bits per heavy atom. The quantitative estimate of drug-likeness (QED) is 0.799. The van der Waals surface area contributed by atoms with Crippen LogP contribution in [0.15, 0.2) is 42.6 Å². The van der Waals surface area contributed by atoms with Crippen LogP contribution in [-0.2, 0) is 11.8 Å². The fourth-order valence-corrected chi connectivity index (χ4v) is 1.78. The molecule has 4 heteroatoms. The third-order valence-corrected chi connectivity index (χ3v) is 2.76. The maximum absolute atomic E-state index is 8.82. The van der Waals surface area contributed by atoms with E-state index in [2.05, 4.69) is 5.10 Å². The van der Waals surface area contributed by atoms with Crippen LogP contribution in [0.5, 0.6) is 0 Å². The van der Waals surface area contributed by atoms with Crippen LogP contribution >= 0.6 is 0 Å². The van der Waals surface area contributed by atoms with E-state index < -0.39 is 13.1 Å². The first kappa shape index (κ1) is 9.28. The number of benzene rings is 1. The second kappa shape index (κ2) is 6.50. The van der Waals surface area contributed by atoms with Crippen molar-refractivity contribution in [3.8, 4) is 0 Å². The fourth-order valence-electron chi connectivity index (χ4n) is 1.78. The summed E-state index contributed by atoms with van der Waals surface area (Å²) in [5, 5.41) is 4.11. The molecule has 0 bridgehead atoms. The number of aryl methyl sites for hydroxylation is 1. The van der Waals surface area contributed by atoms with Gasteiger partial charge in [-0.2, -0.15) is 5.10 Å². The molecular weight excluding hydrogens is 238 g/mol. The molecule has 2 rings (SSSR count). The van der Waals surface area contributed by atoms with Gasteiger partial charge in [0.15, 0.2) is 0 Å². The zero-order valence-electron chi connectivity index (χ0n) is 15.2. The molecule has 4 nitrogen and oxygen atoms in total. The van der Waals surface area contributed by atoms with Gasteiger partial charge in [-0.25, -0.2) is 0 Å². The lowest BCUT2D eigenvalue weighted by Gasteiger charge is -2.20. The summed E-state index contributed by atoms with van der Waals surface area (Å²) in [4.78, 5) is 1.22. The van der Waals surface area contributed by atoms with Crippen molar-refractivity contribution in [3.63, 3.8) is 0 Å². The van der Waals surface area contributed by atoms with E-state index in [9.17, 15) is 0 Å². The van der Waals surface area contributed by atoms with Crippen LogP contribution in [0.4, 0.5) is 0 Å². The molecule has 0 saturated carbocycles. The van der Waals surface area contributed by atoms with E-state index in [1.165, 1.54) is 11.9 Å². The smallest absolute Gasteiger partial charge is 0.124 e. The van der Waals surface area contributed by atoms with Gasteiger partial charge in [-0.3, -0.25) is 4.68 Å². The Morgan fingerprint density at radius 1 is 1.42 bits per heavy atom. The second-order valence-corrected chi connectivity index (χ2v) is 4.31. The van der Waals surface area contributed by atoms with Crippen molar-refractivity contribution >= 4 is 0 Å². The van der Waals surface area contributed by atoms with E-state index in [1.807, 2.05) is 30.3 Å². The molecule has 0 radical (unpaired) electrons. The summed E-state index contributed by atoms with van der Waals surface area (Å²) in [6.07, 6.45) is 0.168. The van der Waals surface area contributed by atoms with Gasteiger partial charge in [-0.15, -0.1) is 0 Å². The van der Waals surface area contributed by atoms with Crippen molar-refractivity contribution in [3.05, 3.63) is 53.9 Å². The van der Waals surface area contributed by atoms with E-state index in [0.29, 0.717) is 11.3 Å². The van der Waals surface area contributed by atoms with Crippen molar-refractivity contribution in [2.45, 2.75) is 6.08 Å². The molecule has 0 amide bonds. The van der Waals surface area contributed by atoms with Crippen LogP contribution in [0.25, 0.3) is 0 Å². The molecule has 1 unspecified atom stereocenters. The lowest BCUT2D eigenvalue weighted by atomic mass is 10.1. The molecule has 19 heavy (non-hydrogen) atoms. The van der Waals surface area contributed by atoms with Crippen molar-refractivity contribution in [2.75, 3.05) is 27.2 Å². The Labute approximate surface area is 120 Å². The third kappa shape index (κ3) is 3.66. The van der Waals surface area contributed by atoms with Crippen LogP contribution < -0.4 is 0 Å². The lowest BCUT2D eigenvalue weighted by molar-refractivity contribution is 0.0638. The molecule has 1 aromatic carbocycles. The highest BCUT2D eigenvalue weighted by Gasteiger charge is 2.17. The van der Waals surface area contributed by atoms with E-state index in [1.54, 1.807) is 24.0 Å². The van der Waals surface area contributed by atoms with Gasteiger partial charge in [0.25, 0.3) is 0 Å². The first-order valence-electron chi connectivity index (χ1n) is 8.14. The van der Waals surface area contributed by atoms with Crippen LogP contribution in [0.1, 0.15) is 22.8 Å². The number of likely N-dealkylation sites (N-methyl/N-ethyl adjacent to an activating group) is 1.